The molecule has 0 saturated heterocycles. The van der Waals surface area contributed by atoms with Crippen LogP contribution in [0.3, 0.4) is 0 Å². The molecule has 0 fully saturated rings. The van der Waals surface area contributed by atoms with Gasteiger partial charge in [-0.15, -0.1) is 11.3 Å². The molecule has 2 aromatic carbocycles. The Morgan fingerprint density at radius 2 is 1.85 bits per heavy atom. The van der Waals surface area contributed by atoms with Gasteiger partial charge in [-0.25, -0.2) is 14.0 Å². The molecule has 0 atom stereocenters. The van der Waals surface area contributed by atoms with Crippen LogP contribution < -0.4 is 10.1 Å². The minimum atomic E-state index is -0.763. The van der Waals surface area contributed by atoms with Crippen molar-refractivity contribution in [3.8, 4) is 16.2 Å². The Bertz CT molecular complexity index is 991. The van der Waals surface area contributed by atoms with Crippen LogP contribution in [0.5, 0.6) is 5.75 Å². The topological polar surface area (TPSA) is 64.6 Å². The molecule has 0 aliphatic heterocycles. The maximum atomic E-state index is 13.3. The molecule has 1 N–H and O–H groups in total. The summed E-state index contributed by atoms with van der Waals surface area (Å²) in [6, 6.07) is 14.0. The Morgan fingerprint density at radius 1 is 1.11 bits per heavy atom. The van der Waals surface area contributed by atoms with Crippen molar-refractivity contribution < 1.29 is 23.5 Å². The van der Waals surface area contributed by atoms with E-state index in [-0.39, 0.29) is 15.6 Å². The van der Waals surface area contributed by atoms with Gasteiger partial charge in [0.1, 0.15) is 16.4 Å². The molecule has 8 heteroatoms. The van der Waals surface area contributed by atoms with E-state index in [1.165, 1.54) is 25.3 Å². The molecular formula is C19H13ClFNO4S. The molecule has 0 spiro atoms. The Balaban J connectivity index is 1.90. The van der Waals surface area contributed by atoms with E-state index in [4.69, 9.17) is 21.1 Å². The average Bonchev–Trinajstić information content (AvgIpc) is 3.05. The third-order valence-corrected chi connectivity index (χ3v) is 4.95. The Morgan fingerprint density at radius 3 is 2.52 bits per heavy atom. The smallest absolute Gasteiger partial charge is 0.417 e. The standard InChI is InChI=1S/C19H13ClFNO4S/c1-25-18(23)17-15(22-19(24)26-12-5-3-2-4-6-12)10-16(27-17)13-8-7-11(21)9-14(13)20/h2-10H,1H3,(H,22,24). The average molecular weight is 406 g/mol. The number of methoxy groups -OCH3 is 1. The van der Waals surface area contributed by atoms with E-state index >= 15 is 0 Å². The summed E-state index contributed by atoms with van der Waals surface area (Å²) in [4.78, 5) is 24.9. The molecule has 5 nitrogen and oxygen atoms in total. The summed E-state index contributed by atoms with van der Waals surface area (Å²) < 4.78 is 23.2. The number of carbonyl (C=O) groups is 2. The summed E-state index contributed by atoms with van der Waals surface area (Å²) in [5, 5.41) is 2.71. The van der Waals surface area contributed by atoms with Gasteiger partial charge in [-0.2, -0.15) is 0 Å². The molecule has 1 heterocycles. The van der Waals surface area contributed by atoms with E-state index in [1.807, 2.05) is 0 Å². The number of halogens is 2. The van der Waals surface area contributed by atoms with Crippen LogP contribution in [0.4, 0.5) is 14.9 Å². The first kappa shape index (κ1) is 18.9. The van der Waals surface area contributed by atoms with E-state index in [2.05, 4.69) is 5.32 Å². The lowest BCUT2D eigenvalue weighted by molar-refractivity contribution is 0.0607. The second-order valence-corrected chi connectivity index (χ2v) is 6.76. The van der Waals surface area contributed by atoms with Gasteiger partial charge in [-0.3, -0.25) is 5.32 Å². The van der Waals surface area contributed by atoms with Crippen molar-refractivity contribution in [2.45, 2.75) is 0 Å². The predicted molar refractivity (Wildman–Crippen MR) is 102 cm³/mol. The van der Waals surface area contributed by atoms with Crippen LogP contribution in [-0.2, 0) is 4.74 Å². The number of ether oxygens (including phenoxy) is 2. The lowest BCUT2D eigenvalue weighted by Gasteiger charge is -2.06. The van der Waals surface area contributed by atoms with Crippen LogP contribution in [0.2, 0.25) is 5.02 Å². The highest BCUT2D eigenvalue weighted by Gasteiger charge is 2.21. The molecule has 138 valence electrons. The molecule has 3 aromatic rings. The van der Waals surface area contributed by atoms with Crippen molar-refractivity contribution >= 4 is 40.7 Å². The monoisotopic (exact) mass is 405 g/mol. The molecule has 0 aliphatic rings. The number of carbonyl (C=O) groups excluding carboxylic acids is 2. The fraction of sp³-hybridized carbons (Fsp3) is 0.0526. The molecular weight excluding hydrogens is 393 g/mol. The quantitative estimate of drug-likeness (QED) is 0.573. The molecule has 27 heavy (non-hydrogen) atoms. The van der Waals surface area contributed by atoms with E-state index < -0.39 is 17.9 Å². The molecule has 0 radical (unpaired) electrons. The molecule has 3 rings (SSSR count). The van der Waals surface area contributed by atoms with Crippen molar-refractivity contribution in [3.63, 3.8) is 0 Å². The summed E-state index contributed by atoms with van der Waals surface area (Å²) in [5.74, 6) is -0.746. The second-order valence-electron chi connectivity index (χ2n) is 5.30. The highest BCUT2D eigenvalue weighted by Crippen LogP contribution is 2.38. The first-order valence-electron chi connectivity index (χ1n) is 7.69. The lowest BCUT2D eigenvalue weighted by atomic mass is 10.2. The molecule has 0 aliphatic carbocycles. The van der Waals surface area contributed by atoms with Crippen molar-refractivity contribution in [1.82, 2.24) is 0 Å². The summed E-state index contributed by atoms with van der Waals surface area (Å²) >= 11 is 7.15. The summed E-state index contributed by atoms with van der Waals surface area (Å²) in [6.07, 6.45) is -0.763. The van der Waals surface area contributed by atoms with Gasteiger partial charge in [0.05, 0.1) is 17.8 Å². The zero-order valence-electron chi connectivity index (χ0n) is 14.0. The lowest BCUT2D eigenvalue weighted by Crippen LogP contribution is -2.18. The van der Waals surface area contributed by atoms with Crippen LogP contribution in [0.1, 0.15) is 9.67 Å². The number of esters is 1. The Kier molecular flexibility index (Phi) is 5.73. The normalized spacial score (nSPS) is 10.3. The van der Waals surface area contributed by atoms with E-state index in [0.29, 0.717) is 16.2 Å². The SMILES string of the molecule is COC(=O)c1sc(-c2ccc(F)cc2Cl)cc1NC(=O)Oc1ccccc1. The highest BCUT2D eigenvalue weighted by molar-refractivity contribution is 7.18. The zero-order valence-corrected chi connectivity index (χ0v) is 15.6. The minimum Gasteiger partial charge on any atom is -0.465 e. The molecule has 0 bridgehead atoms. The van der Waals surface area contributed by atoms with Crippen molar-refractivity contribution in [2.24, 2.45) is 0 Å². The first-order valence-corrected chi connectivity index (χ1v) is 8.89. The fourth-order valence-electron chi connectivity index (χ4n) is 2.28. The Hall–Kier alpha value is -2.90. The van der Waals surface area contributed by atoms with Crippen LogP contribution in [-0.4, -0.2) is 19.2 Å². The van der Waals surface area contributed by atoms with Gasteiger partial charge in [0.2, 0.25) is 0 Å². The van der Waals surface area contributed by atoms with Gasteiger partial charge in [0.15, 0.2) is 0 Å². The van der Waals surface area contributed by atoms with Crippen molar-refractivity contribution in [2.75, 3.05) is 12.4 Å². The third kappa shape index (κ3) is 4.45. The number of para-hydroxylation sites is 1. The summed E-state index contributed by atoms with van der Waals surface area (Å²) in [6.45, 7) is 0. The van der Waals surface area contributed by atoms with Gasteiger partial charge in [0.25, 0.3) is 0 Å². The van der Waals surface area contributed by atoms with Crippen LogP contribution >= 0.6 is 22.9 Å². The highest BCUT2D eigenvalue weighted by atomic mass is 35.5. The van der Waals surface area contributed by atoms with Crippen LogP contribution in [0, 0.1) is 5.82 Å². The van der Waals surface area contributed by atoms with Crippen LogP contribution in [0.15, 0.2) is 54.6 Å². The fourth-order valence-corrected chi connectivity index (χ4v) is 3.68. The van der Waals surface area contributed by atoms with Gasteiger partial charge in [0, 0.05) is 10.4 Å². The number of thiophene rings is 1. The largest absolute Gasteiger partial charge is 0.465 e. The van der Waals surface area contributed by atoms with E-state index in [9.17, 15) is 14.0 Å². The van der Waals surface area contributed by atoms with Gasteiger partial charge in [-0.1, -0.05) is 29.8 Å². The molecule has 1 amide bonds. The summed E-state index contributed by atoms with van der Waals surface area (Å²) in [7, 11) is 1.23. The van der Waals surface area contributed by atoms with E-state index in [0.717, 1.165) is 11.3 Å². The second kappa shape index (κ2) is 8.20. The van der Waals surface area contributed by atoms with Gasteiger partial charge >= 0.3 is 12.1 Å². The summed E-state index contributed by atoms with van der Waals surface area (Å²) in [5.41, 5.74) is 0.737. The van der Waals surface area contributed by atoms with Crippen molar-refractivity contribution in [1.29, 1.82) is 0 Å². The number of amides is 1. The number of hydrogen-bond donors (Lipinski definition) is 1. The van der Waals surface area contributed by atoms with E-state index in [1.54, 1.807) is 36.4 Å². The number of benzene rings is 2. The third-order valence-electron chi connectivity index (χ3n) is 3.49. The Labute approximate surface area is 163 Å². The zero-order chi connectivity index (χ0) is 19.4. The van der Waals surface area contributed by atoms with Crippen LogP contribution in [0.25, 0.3) is 10.4 Å². The van der Waals surface area contributed by atoms with Gasteiger partial charge in [-0.05, 0) is 36.4 Å². The predicted octanol–water partition coefficient (Wildman–Crippen LogP) is 5.61. The first-order chi connectivity index (χ1) is 13.0. The maximum absolute atomic E-state index is 13.3. The number of hydrogen-bond acceptors (Lipinski definition) is 5. The minimum absolute atomic E-state index is 0.165. The van der Waals surface area contributed by atoms with Crippen molar-refractivity contribution in [3.05, 3.63) is 70.3 Å². The number of rotatable bonds is 4. The van der Waals surface area contributed by atoms with Gasteiger partial charge < -0.3 is 9.47 Å². The number of anilines is 1. The molecule has 0 unspecified atom stereocenters. The molecule has 1 aromatic heterocycles. The molecule has 0 saturated carbocycles. The number of nitrogens with one attached hydrogen (secondary N) is 1. The maximum Gasteiger partial charge on any atom is 0.417 e.